The van der Waals surface area contributed by atoms with Crippen molar-refractivity contribution in [1.82, 2.24) is 4.57 Å². The van der Waals surface area contributed by atoms with E-state index in [1.807, 2.05) is 12.1 Å². The van der Waals surface area contributed by atoms with Crippen LogP contribution in [0.25, 0.3) is 104 Å². The molecular formula is C62H40N2O. The van der Waals surface area contributed by atoms with E-state index in [0.29, 0.717) is 0 Å². The standard InChI is InChI=1S/C62H40N2O/c1-2-13-53-44(10-1)20-21-45-28-36-52(40-58(45)53)63(50-32-24-43(25-33-50)48-29-37-57-56-16-5-8-19-61(56)65-62(57)39-48)49-30-22-41(23-31-49)46-11-9-12-47(38-46)42-26-34-51(35-27-42)64-59-17-6-3-14-54(59)55-15-4-7-18-60(55)64/h1-40H. The van der Waals surface area contributed by atoms with Gasteiger partial charge >= 0.3 is 0 Å². The average Bonchev–Trinajstić information content (AvgIpc) is 3.92. The maximum Gasteiger partial charge on any atom is 0.136 e. The number of anilines is 3. The van der Waals surface area contributed by atoms with Crippen molar-refractivity contribution in [2.24, 2.45) is 0 Å². The third kappa shape index (κ3) is 6.28. The van der Waals surface area contributed by atoms with Crippen molar-refractivity contribution in [1.29, 1.82) is 0 Å². The molecule has 0 atom stereocenters. The summed E-state index contributed by atoms with van der Waals surface area (Å²) in [4.78, 5) is 2.37. The van der Waals surface area contributed by atoms with Crippen LogP contribution in [0.4, 0.5) is 17.1 Å². The van der Waals surface area contributed by atoms with E-state index in [4.69, 9.17) is 4.42 Å². The summed E-state index contributed by atoms with van der Waals surface area (Å²) < 4.78 is 8.63. The van der Waals surface area contributed by atoms with Crippen molar-refractivity contribution in [2.75, 3.05) is 4.90 Å². The summed E-state index contributed by atoms with van der Waals surface area (Å²) in [5.41, 5.74) is 15.6. The quantitative estimate of drug-likeness (QED) is 0.149. The first-order chi connectivity index (χ1) is 32.2. The largest absolute Gasteiger partial charge is 0.456 e. The number of benzene rings is 11. The van der Waals surface area contributed by atoms with Crippen LogP contribution in [0, 0.1) is 0 Å². The summed E-state index contributed by atoms with van der Waals surface area (Å²) in [6.45, 7) is 0. The fourth-order valence-electron chi connectivity index (χ4n) is 9.97. The number of hydrogen-bond donors (Lipinski definition) is 0. The van der Waals surface area contributed by atoms with E-state index in [1.165, 1.54) is 65.6 Å². The maximum atomic E-state index is 6.26. The minimum atomic E-state index is 0.900. The lowest BCUT2D eigenvalue weighted by atomic mass is 9.98. The molecule has 11 aromatic carbocycles. The Morgan fingerprint density at radius 3 is 1.42 bits per heavy atom. The third-order valence-electron chi connectivity index (χ3n) is 13.2. The topological polar surface area (TPSA) is 21.3 Å². The molecule has 304 valence electrons. The zero-order valence-corrected chi connectivity index (χ0v) is 35.4. The Morgan fingerprint density at radius 1 is 0.277 bits per heavy atom. The van der Waals surface area contributed by atoms with Gasteiger partial charge in [-0.1, -0.05) is 158 Å². The van der Waals surface area contributed by atoms with Gasteiger partial charge in [-0.2, -0.15) is 0 Å². The normalized spacial score (nSPS) is 11.7. The predicted octanol–water partition coefficient (Wildman–Crippen LogP) is 17.5. The van der Waals surface area contributed by atoms with Gasteiger partial charge in [0.25, 0.3) is 0 Å². The van der Waals surface area contributed by atoms with Crippen molar-refractivity contribution >= 4 is 82.4 Å². The molecule has 0 saturated carbocycles. The molecule has 0 bridgehead atoms. The maximum absolute atomic E-state index is 6.26. The highest BCUT2D eigenvalue weighted by molar-refractivity contribution is 6.10. The van der Waals surface area contributed by atoms with Gasteiger partial charge in [-0.15, -0.1) is 0 Å². The van der Waals surface area contributed by atoms with E-state index in [2.05, 4.69) is 240 Å². The molecule has 0 unspecified atom stereocenters. The monoisotopic (exact) mass is 828 g/mol. The van der Waals surface area contributed by atoms with Gasteiger partial charge in [0.1, 0.15) is 11.2 Å². The molecule has 2 aromatic heterocycles. The first-order valence-corrected chi connectivity index (χ1v) is 22.2. The molecule has 13 rings (SSSR count). The Kier molecular flexibility index (Phi) is 8.53. The molecule has 0 spiro atoms. The molecule has 65 heavy (non-hydrogen) atoms. The summed E-state index contributed by atoms with van der Waals surface area (Å²) >= 11 is 0. The van der Waals surface area contributed by atoms with Crippen LogP contribution < -0.4 is 4.90 Å². The molecule has 0 saturated heterocycles. The second kappa shape index (κ2) is 15.0. The molecule has 0 fully saturated rings. The number of furan rings is 1. The summed E-state index contributed by atoms with van der Waals surface area (Å²) in [6.07, 6.45) is 0. The third-order valence-corrected chi connectivity index (χ3v) is 13.2. The van der Waals surface area contributed by atoms with E-state index in [9.17, 15) is 0 Å². The van der Waals surface area contributed by atoms with Crippen LogP contribution in [0.15, 0.2) is 247 Å². The Balaban J connectivity index is 0.848. The van der Waals surface area contributed by atoms with Crippen molar-refractivity contribution in [3.63, 3.8) is 0 Å². The smallest absolute Gasteiger partial charge is 0.136 e. The van der Waals surface area contributed by atoms with Gasteiger partial charge in [0.2, 0.25) is 0 Å². The molecule has 2 heterocycles. The number of fused-ring (bicyclic) bond motifs is 9. The highest BCUT2D eigenvalue weighted by Crippen LogP contribution is 2.41. The number of nitrogens with zero attached hydrogens (tertiary/aromatic N) is 2. The Hall–Kier alpha value is -8.66. The van der Waals surface area contributed by atoms with E-state index in [0.717, 1.165) is 55.8 Å². The van der Waals surface area contributed by atoms with Crippen LogP contribution in [0.3, 0.4) is 0 Å². The van der Waals surface area contributed by atoms with E-state index < -0.39 is 0 Å². The number of rotatable bonds is 7. The molecule has 0 N–H and O–H groups in total. The zero-order chi connectivity index (χ0) is 42.8. The van der Waals surface area contributed by atoms with Crippen LogP contribution in [-0.4, -0.2) is 4.57 Å². The second-order valence-electron chi connectivity index (χ2n) is 16.9. The molecule has 0 radical (unpaired) electrons. The van der Waals surface area contributed by atoms with E-state index in [-0.39, 0.29) is 0 Å². The van der Waals surface area contributed by atoms with Gasteiger partial charge in [-0.05, 0) is 140 Å². The van der Waals surface area contributed by atoms with Crippen LogP contribution in [0.1, 0.15) is 0 Å². The Labute approximate surface area is 376 Å². The van der Waals surface area contributed by atoms with Crippen molar-refractivity contribution < 1.29 is 4.42 Å². The van der Waals surface area contributed by atoms with Crippen molar-refractivity contribution in [3.05, 3.63) is 243 Å². The first-order valence-electron chi connectivity index (χ1n) is 22.2. The molecular weight excluding hydrogens is 789 g/mol. The summed E-state index contributed by atoms with van der Waals surface area (Å²) in [6, 6.07) is 87.8. The summed E-state index contributed by atoms with van der Waals surface area (Å²) in [7, 11) is 0. The Bertz CT molecular complexity index is 3880. The molecule has 0 aliphatic rings. The molecule has 0 amide bonds. The lowest BCUT2D eigenvalue weighted by Gasteiger charge is -2.26. The highest BCUT2D eigenvalue weighted by Gasteiger charge is 2.17. The second-order valence-corrected chi connectivity index (χ2v) is 16.9. The SMILES string of the molecule is c1cc(-c2ccc(N(c3ccc(-c4ccc5c(c4)oc4ccccc45)cc3)c3ccc4ccc5ccccc5c4c3)cc2)cc(-c2ccc(-n3c4ccccc4c4ccccc43)cc2)c1. The lowest BCUT2D eigenvalue weighted by Crippen LogP contribution is -2.09. The molecule has 3 heteroatoms. The van der Waals surface area contributed by atoms with Crippen molar-refractivity contribution in [3.8, 4) is 39.1 Å². The number of para-hydroxylation sites is 3. The van der Waals surface area contributed by atoms with Crippen LogP contribution >= 0.6 is 0 Å². The number of hydrogen-bond acceptors (Lipinski definition) is 2. The van der Waals surface area contributed by atoms with Gasteiger partial charge < -0.3 is 13.9 Å². The average molecular weight is 829 g/mol. The van der Waals surface area contributed by atoms with Gasteiger partial charge in [0.05, 0.1) is 11.0 Å². The summed E-state index contributed by atoms with van der Waals surface area (Å²) in [5.74, 6) is 0. The van der Waals surface area contributed by atoms with Gasteiger partial charge in [0, 0.05) is 44.3 Å². The molecule has 0 aliphatic carbocycles. The highest BCUT2D eigenvalue weighted by atomic mass is 16.3. The van der Waals surface area contributed by atoms with Crippen molar-refractivity contribution in [2.45, 2.75) is 0 Å². The number of aromatic nitrogens is 1. The van der Waals surface area contributed by atoms with Crippen LogP contribution in [0.2, 0.25) is 0 Å². The minimum Gasteiger partial charge on any atom is -0.456 e. The summed E-state index contributed by atoms with van der Waals surface area (Å²) in [5, 5.41) is 9.76. The molecule has 3 nitrogen and oxygen atoms in total. The Morgan fingerprint density at radius 2 is 0.754 bits per heavy atom. The van der Waals surface area contributed by atoms with Gasteiger partial charge in [-0.25, -0.2) is 0 Å². The predicted molar refractivity (Wildman–Crippen MR) is 274 cm³/mol. The lowest BCUT2D eigenvalue weighted by molar-refractivity contribution is 0.669. The van der Waals surface area contributed by atoms with Crippen LogP contribution in [-0.2, 0) is 0 Å². The van der Waals surface area contributed by atoms with Gasteiger partial charge in [-0.3, -0.25) is 0 Å². The van der Waals surface area contributed by atoms with Gasteiger partial charge in [0.15, 0.2) is 0 Å². The minimum absolute atomic E-state index is 0.900. The zero-order valence-electron chi connectivity index (χ0n) is 35.4. The molecule has 0 aliphatic heterocycles. The fourth-order valence-corrected chi connectivity index (χ4v) is 9.97. The van der Waals surface area contributed by atoms with E-state index in [1.54, 1.807) is 0 Å². The van der Waals surface area contributed by atoms with Crippen LogP contribution in [0.5, 0.6) is 0 Å². The first kappa shape index (κ1) is 36.9. The fraction of sp³-hybridized carbons (Fsp3) is 0. The van der Waals surface area contributed by atoms with E-state index >= 15 is 0 Å². The molecule has 13 aromatic rings.